The van der Waals surface area contributed by atoms with Crippen molar-refractivity contribution in [2.75, 3.05) is 13.6 Å². The average Bonchev–Trinajstić information content (AvgIpc) is 2.32. The lowest BCUT2D eigenvalue weighted by Gasteiger charge is -2.35. The van der Waals surface area contributed by atoms with Gasteiger partial charge in [0.2, 0.25) is 0 Å². The first-order valence-electron chi connectivity index (χ1n) is 7.47. The van der Waals surface area contributed by atoms with Crippen LogP contribution in [0.25, 0.3) is 0 Å². The first kappa shape index (κ1) is 14.5. The highest BCUT2D eigenvalue weighted by atomic mass is 15.1. The summed E-state index contributed by atoms with van der Waals surface area (Å²) in [7, 11) is 2.23. The highest BCUT2D eigenvalue weighted by molar-refractivity contribution is 5.37. The van der Waals surface area contributed by atoms with Gasteiger partial charge in [0, 0.05) is 18.6 Å². The maximum atomic E-state index is 3.76. The first-order chi connectivity index (χ1) is 8.97. The average molecular weight is 260 g/mol. The van der Waals surface area contributed by atoms with Gasteiger partial charge in [0.05, 0.1) is 0 Å². The Kier molecular flexibility index (Phi) is 4.64. The van der Waals surface area contributed by atoms with E-state index in [1.165, 1.54) is 41.6 Å². The van der Waals surface area contributed by atoms with Gasteiger partial charge in [-0.1, -0.05) is 17.7 Å². The lowest BCUT2D eigenvalue weighted by atomic mass is 9.96. The zero-order valence-electron chi connectivity index (χ0n) is 13.1. The summed E-state index contributed by atoms with van der Waals surface area (Å²) in [6, 6.07) is 5.96. The van der Waals surface area contributed by atoms with Crippen molar-refractivity contribution >= 4 is 0 Å². The number of likely N-dealkylation sites (tertiary alicyclic amines) is 1. The molecule has 2 atom stereocenters. The fourth-order valence-corrected chi connectivity index (χ4v) is 3.21. The fraction of sp³-hybridized carbons (Fsp3) is 0.647. The summed E-state index contributed by atoms with van der Waals surface area (Å²) < 4.78 is 0. The van der Waals surface area contributed by atoms with Crippen molar-refractivity contribution in [1.29, 1.82) is 0 Å². The maximum Gasteiger partial charge on any atom is 0.0213 e. The van der Waals surface area contributed by atoms with E-state index < -0.39 is 0 Å². The minimum absolute atomic E-state index is 0.673. The van der Waals surface area contributed by atoms with Crippen LogP contribution in [0.3, 0.4) is 0 Å². The van der Waals surface area contributed by atoms with Crippen molar-refractivity contribution < 1.29 is 0 Å². The van der Waals surface area contributed by atoms with Crippen LogP contribution in [0.5, 0.6) is 0 Å². The zero-order chi connectivity index (χ0) is 14.0. The molecule has 1 fully saturated rings. The van der Waals surface area contributed by atoms with Gasteiger partial charge in [-0.3, -0.25) is 0 Å². The van der Waals surface area contributed by atoms with Gasteiger partial charge in [0.15, 0.2) is 0 Å². The lowest BCUT2D eigenvalue weighted by Crippen LogP contribution is -2.45. The molecule has 19 heavy (non-hydrogen) atoms. The Bertz CT molecular complexity index is 416. The Balaban J connectivity index is 1.96. The molecule has 0 saturated carbocycles. The maximum absolute atomic E-state index is 3.76. The van der Waals surface area contributed by atoms with Crippen LogP contribution < -0.4 is 5.32 Å². The second kappa shape index (κ2) is 6.06. The molecule has 0 bridgehead atoms. The van der Waals surface area contributed by atoms with E-state index in [1.807, 2.05) is 0 Å². The van der Waals surface area contributed by atoms with E-state index in [4.69, 9.17) is 0 Å². The minimum atomic E-state index is 0.673. The summed E-state index contributed by atoms with van der Waals surface area (Å²) >= 11 is 0. The van der Waals surface area contributed by atoms with Crippen LogP contribution in [-0.2, 0) is 6.54 Å². The standard InChI is InChI=1S/C17H28N2/c1-12-8-13(2)17(14(3)9-12)11-18-16-6-7-19(5)15(4)10-16/h8-9,15-16,18H,6-7,10-11H2,1-5H3. The van der Waals surface area contributed by atoms with Crippen molar-refractivity contribution in [2.24, 2.45) is 0 Å². The molecule has 106 valence electrons. The molecular formula is C17H28N2. The number of nitrogens with one attached hydrogen (secondary N) is 1. The highest BCUT2D eigenvalue weighted by Crippen LogP contribution is 2.19. The Morgan fingerprint density at radius 2 is 1.84 bits per heavy atom. The number of hydrogen-bond donors (Lipinski definition) is 1. The summed E-state index contributed by atoms with van der Waals surface area (Å²) in [6.07, 6.45) is 2.53. The number of hydrogen-bond acceptors (Lipinski definition) is 2. The van der Waals surface area contributed by atoms with Crippen LogP contribution >= 0.6 is 0 Å². The molecule has 1 aliphatic heterocycles. The van der Waals surface area contributed by atoms with Crippen molar-refractivity contribution in [3.63, 3.8) is 0 Å². The van der Waals surface area contributed by atoms with Crippen molar-refractivity contribution in [2.45, 2.75) is 59.2 Å². The van der Waals surface area contributed by atoms with Gasteiger partial charge in [0.1, 0.15) is 0 Å². The Morgan fingerprint density at radius 3 is 2.42 bits per heavy atom. The van der Waals surface area contributed by atoms with Crippen molar-refractivity contribution in [1.82, 2.24) is 10.2 Å². The van der Waals surface area contributed by atoms with Crippen molar-refractivity contribution in [3.8, 4) is 0 Å². The van der Waals surface area contributed by atoms with Gasteiger partial charge in [0.25, 0.3) is 0 Å². The van der Waals surface area contributed by atoms with Gasteiger partial charge in [-0.2, -0.15) is 0 Å². The number of piperidine rings is 1. The van der Waals surface area contributed by atoms with E-state index in [2.05, 4.69) is 57.1 Å². The molecule has 1 saturated heterocycles. The van der Waals surface area contributed by atoms with Crippen LogP contribution in [0, 0.1) is 20.8 Å². The van der Waals surface area contributed by atoms with E-state index >= 15 is 0 Å². The van der Waals surface area contributed by atoms with Gasteiger partial charge >= 0.3 is 0 Å². The Hall–Kier alpha value is -0.860. The molecule has 2 unspecified atom stereocenters. The summed E-state index contributed by atoms with van der Waals surface area (Å²) in [5.41, 5.74) is 5.70. The van der Waals surface area contributed by atoms with E-state index in [0.29, 0.717) is 12.1 Å². The zero-order valence-corrected chi connectivity index (χ0v) is 13.1. The van der Waals surface area contributed by atoms with Crippen molar-refractivity contribution in [3.05, 3.63) is 34.4 Å². The third-order valence-corrected chi connectivity index (χ3v) is 4.62. The van der Waals surface area contributed by atoms with Gasteiger partial charge in [-0.15, -0.1) is 0 Å². The predicted molar refractivity (Wildman–Crippen MR) is 82.6 cm³/mol. The molecule has 0 radical (unpaired) electrons. The van der Waals surface area contributed by atoms with Gasteiger partial charge in [-0.25, -0.2) is 0 Å². The fourth-order valence-electron chi connectivity index (χ4n) is 3.21. The highest BCUT2D eigenvalue weighted by Gasteiger charge is 2.22. The quantitative estimate of drug-likeness (QED) is 0.898. The molecule has 1 aliphatic rings. The SMILES string of the molecule is Cc1cc(C)c(CNC2CCN(C)C(C)C2)c(C)c1. The number of rotatable bonds is 3. The second-order valence-corrected chi connectivity index (χ2v) is 6.31. The summed E-state index contributed by atoms with van der Waals surface area (Å²) in [4.78, 5) is 2.46. The van der Waals surface area contributed by atoms with Crippen LogP contribution in [0.4, 0.5) is 0 Å². The molecule has 0 aromatic heterocycles. The summed E-state index contributed by atoms with van der Waals surface area (Å²) in [5.74, 6) is 0. The van der Waals surface area contributed by atoms with E-state index in [0.717, 1.165) is 6.54 Å². The van der Waals surface area contributed by atoms with Crippen LogP contribution in [0.15, 0.2) is 12.1 Å². The molecule has 1 N–H and O–H groups in total. The van der Waals surface area contributed by atoms with Gasteiger partial charge in [-0.05, 0) is 70.8 Å². The molecule has 0 spiro atoms. The Labute approximate surface area is 118 Å². The monoisotopic (exact) mass is 260 g/mol. The van der Waals surface area contributed by atoms with Crippen LogP contribution in [0.2, 0.25) is 0 Å². The van der Waals surface area contributed by atoms with E-state index in [9.17, 15) is 0 Å². The second-order valence-electron chi connectivity index (χ2n) is 6.31. The summed E-state index contributed by atoms with van der Waals surface area (Å²) in [5, 5.41) is 3.76. The molecule has 2 rings (SSSR count). The first-order valence-corrected chi connectivity index (χ1v) is 7.47. The molecule has 2 nitrogen and oxygen atoms in total. The number of aryl methyl sites for hydroxylation is 3. The number of benzene rings is 1. The predicted octanol–water partition coefficient (Wildman–Crippen LogP) is 3.18. The molecule has 0 amide bonds. The lowest BCUT2D eigenvalue weighted by molar-refractivity contribution is 0.168. The topological polar surface area (TPSA) is 15.3 Å². The number of nitrogens with zero attached hydrogens (tertiary/aromatic N) is 1. The van der Waals surface area contributed by atoms with Crippen LogP contribution in [-0.4, -0.2) is 30.6 Å². The molecule has 0 aliphatic carbocycles. The molecular weight excluding hydrogens is 232 g/mol. The summed E-state index contributed by atoms with van der Waals surface area (Å²) in [6.45, 7) is 11.2. The van der Waals surface area contributed by atoms with Crippen LogP contribution in [0.1, 0.15) is 42.0 Å². The molecule has 1 heterocycles. The molecule has 1 aromatic rings. The van der Waals surface area contributed by atoms with E-state index in [1.54, 1.807) is 0 Å². The third kappa shape index (κ3) is 3.58. The molecule has 1 aromatic carbocycles. The minimum Gasteiger partial charge on any atom is -0.310 e. The Morgan fingerprint density at radius 1 is 1.21 bits per heavy atom. The smallest absolute Gasteiger partial charge is 0.0213 e. The third-order valence-electron chi connectivity index (χ3n) is 4.62. The molecule has 2 heteroatoms. The normalized spacial score (nSPS) is 24.7. The largest absolute Gasteiger partial charge is 0.310 e. The van der Waals surface area contributed by atoms with Gasteiger partial charge < -0.3 is 10.2 Å². The van der Waals surface area contributed by atoms with E-state index in [-0.39, 0.29) is 0 Å².